The van der Waals surface area contributed by atoms with Gasteiger partial charge >= 0.3 is 5.97 Å². The number of hydrogen-bond donors (Lipinski definition) is 2. The number of carbonyl (C=O) groups is 2. The number of ether oxygens (including phenoxy) is 1. The minimum atomic E-state index is -1.13. The number of fused-ring (bicyclic) bond motifs is 2. The van der Waals surface area contributed by atoms with Crippen LogP contribution in [0.15, 0.2) is 48.5 Å². The summed E-state index contributed by atoms with van der Waals surface area (Å²) in [6.45, 7) is 0. The molecule has 0 bridgehead atoms. The molecule has 0 saturated heterocycles. The summed E-state index contributed by atoms with van der Waals surface area (Å²) in [7, 11) is 0. The summed E-state index contributed by atoms with van der Waals surface area (Å²) in [5.41, 5.74) is 7.86. The van der Waals surface area contributed by atoms with Gasteiger partial charge in [-0.1, -0.05) is 47.5 Å². The van der Waals surface area contributed by atoms with Crippen LogP contribution < -0.4 is 10.5 Å². The third-order valence-corrected chi connectivity index (χ3v) is 5.77. The Bertz CT molecular complexity index is 1150. The van der Waals surface area contributed by atoms with Crippen molar-refractivity contribution in [3.8, 4) is 5.75 Å². The molecule has 29 heavy (non-hydrogen) atoms. The molecule has 1 aliphatic rings. The summed E-state index contributed by atoms with van der Waals surface area (Å²) < 4.78 is 6.08. The zero-order valence-corrected chi connectivity index (χ0v) is 16.7. The van der Waals surface area contributed by atoms with Crippen molar-refractivity contribution in [1.29, 1.82) is 0 Å². The number of primary amides is 1. The second-order valence-corrected chi connectivity index (χ2v) is 7.89. The van der Waals surface area contributed by atoms with E-state index < -0.39 is 18.0 Å². The molecule has 5 nitrogen and oxygen atoms in total. The fourth-order valence-corrected chi connectivity index (χ4v) is 4.59. The predicted molar refractivity (Wildman–Crippen MR) is 112 cm³/mol. The molecule has 3 aromatic rings. The smallest absolute Gasteiger partial charge is 0.335 e. The average Bonchev–Trinajstić information content (AvgIpc) is 3.08. The summed E-state index contributed by atoms with van der Waals surface area (Å²) in [6, 6.07) is 13.8. The lowest BCUT2D eigenvalue weighted by Gasteiger charge is -2.24. The van der Waals surface area contributed by atoms with E-state index in [0.717, 1.165) is 17.5 Å². The number of rotatable bonds is 5. The molecule has 0 radical (unpaired) electrons. The number of nitrogens with two attached hydrogens (primary N) is 1. The topological polar surface area (TPSA) is 89.6 Å². The minimum Gasteiger partial charge on any atom is -0.479 e. The Hall–Kier alpha value is -2.76. The molecule has 3 N–H and O–H groups in total. The maximum absolute atomic E-state index is 12.3. The minimum absolute atomic E-state index is 0.000811. The molecule has 0 aromatic heterocycles. The van der Waals surface area contributed by atoms with Crippen molar-refractivity contribution in [3.05, 3.63) is 75.3 Å². The zero-order valence-electron chi connectivity index (χ0n) is 15.2. The fraction of sp³-hybridized carbons (Fsp3) is 0.182. The van der Waals surface area contributed by atoms with Crippen LogP contribution in [-0.2, 0) is 11.2 Å². The van der Waals surface area contributed by atoms with Crippen LogP contribution in [0.25, 0.3) is 10.8 Å². The first-order valence-corrected chi connectivity index (χ1v) is 9.80. The van der Waals surface area contributed by atoms with Crippen LogP contribution in [0.3, 0.4) is 0 Å². The number of halogens is 2. The zero-order chi connectivity index (χ0) is 20.7. The van der Waals surface area contributed by atoms with Crippen molar-refractivity contribution < 1.29 is 19.4 Å². The Morgan fingerprint density at radius 3 is 2.62 bits per heavy atom. The Kier molecular flexibility index (Phi) is 5.11. The largest absolute Gasteiger partial charge is 0.479 e. The maximum atomic E-state index is 12.3. The Balaban J connectivity index is 1.83. The van der Waals surface area contributed by atoms with Gasteiger partial charge in [0.15, 0.2) is 6.10 Å². The van der Waals surface area contributed by atoms with E-state index in [1.54, 1.807) is 12.1 Å². The first kappa shape index (κ1) is 19.6. The molecule has 0 fully saturated rings. The molecular weight excluding hydrogens is 413 g/mol. The number of hydrogen-bond acceptors (Lipinski definition) is 3. The molecule has 0 aliphatic heterocycles. The molecule has 0 heterocycles. The summed E-state index contributed by atoms with van der Waals surface area (Å²) in [4.78, 5) is 23.9. The number of carbonyl (C=O) groups excluding carboxylic acids is 1. The number of benzene rings is 3. The summed E-state index contributed by atoms with van der Waals surface area (Å²) in [6.07, 6.45) is 0.571. The lowest BCUT2D eigenvalue weighted by atomic mass is 9.94. The third kappa shape index (κ3) is 3.63. The van der Waals surface area contributed by atoms with Gasteiger partial charge in [0.25, 0.3) is 5.91 Å². The molecule has 148 valence electrons. The van der Waals surface area contributed by atoms with Gasteiger partial charge in [-0.25, -0.2) is 4.79 Å². The monoisotopic (exact) mass is 429 g/mol. The van der Waals surface area contributed by atoms with Crippen LogP contribution >= 0.6 is 23.2 Å². The summed E-state index contributed by atoms with van der Waals surface area (Å²) in [5.74, 6) is -1.78. The number of aromatic carboxylic acids is 1. The van der Waals surface area contributed by atoms with E-state index in [-0.39, 0.29) is 17.2 Å². The van der Waals surface area contributed by atoms with Crippen LogP contribution in [0.2, 0.25) is 10.0 Å². The van der Waals surface area contributed by atoms with Crippen LogP contribution in [0.1, 0.15) is 33.8 Å². The van der Waals surface area contributed by atoms with Gasteiger partial charge in [0.1, 0.15) is 5.75 Å². The molecule has 0 saturated carbocycles. The lowest BCUT2D eigenvalue weighted by Crippen LogP contribution is -2.38. The fourth-order valence-electron chi connectivity index (χ4n) is 3.99. The molecular formula is C22H17Cl2NO4. The van der Waals surface area contributed by atoms with E-state index in [4.69, 9.17) is 33.7 Å². The van der Waals surface area contributed by atoms with Crippen molar-refractivity contribution in [2.75, 3.05) is 0 Å². The van der Waals surface area contributed by atoms with Gasteiger partial charge in [0.2, 0.25) is 0 Å². The van der Waals surface area contributed by atoms with Crippen molar-refractivity contribution in [1.82, 2.24) is 0 Å². The van der Waals surface area contributed by atoms with E-state index in [0.29, 0.717) is 27.2 Å². The Labute approximate surface area is 177 Å². The van der Waals surface area contributed by atoms with Gasteiger partial charge in [-0.2, -0.15) is 0 Å². The van der Waals surface area contributed by atoms with Gasteiger partial charge in [-0.3, -0.25) is 4.79 Å². The summed E-state index contributed by atoms with van der Waals surface area (Å²) in [5, 5.41) is 11.1. The number of amides is 1. The first-order chi connectivity index (χ1) is 13.8. The van der Waals surface area contributed by atoms with Gasteiger partial charge in [-0.05, 0) is 53.6 Å². The van der Waals surface area contributed by atoms with Gasteiger partial charge < -0.3 is 15.6 Å². The van der Waals surface area contributed by atoms with E-state index in [1.165, 1.54) is 12.1 Å². The molecule has 7 heteroatoms. The van der Waals surface area contributed by atoms with E-state index in [9.17, 15) is 14.7 Å². The van der Waals surface area contributed by atoms with Gasteiger partial charge in [-0.15, -0.1) is 0 Å². The highest BCUT2D eigenvalue weighted by molar-refractivity contribution is 6.39. The SMILES string of the molecule is NC(=O)C(Oc1cc(C(=O)O)cc2cc(Cl)cc(Cl)c12)C1CCc2ccccc21. The molecule has 2 atom stereocenters. The van der Waals surface area contributed by atoms with Gasteiger partial charge in [0, 0.05) is 16.3 Å². The molecule has 4 rings (SSSR count). The summed E-state index contributed by atoms with van der Waals surface area (Å²) >= 11 is 12.5. The number of carboxylic acids is 1. The van der Waals surface area contributed by atoms with Crippen LogP contribution in [0.5, 0.6) is 5.75 Å². The van der Waals surface area contributed by atoms with E-state index in [1.807, 2.05) is 24.3 Å². The highest BCUT2D eigenvalue weighted by Gasteiger charge is 2.35. The average molecular weight is 430 g/mol. The van der Waals surface area contributed by atoms with E-state index in [2.05, 4.69) is 0 Å². The maximum Gasteiger partial charge on any atom is 0.335 e. The molecule has 0 spiro atoms. The predicted octanol–water partition coefficient (Wildman–Crippen LogP) is 4.81. The normalized spacial score (nSPS) is 16.4. The van der Waals surface area contributed by atoms with E-state index >= 15 is 0 Å². The number of aryl methyl sites for hydroxylation is 1. The third-order valence-electron chi connectivity index (χ3n) is 5.26. The quantitative estimate of drug-likeness (QED) is 0.608. The molecule has 1 amide bonds. The second kappa shape index (κ2) is 7.58. The van der Waals surface area contributed by atoms with Crippen molar-refractivity contribution in [3.63, 3.8) is 0 Å². The highest BCUT2D eigenvalue weighted by atomic mass is 35.5. The standard InChI is InChI=1S/C22H17Cl2NO4/c23-14-8-12-7-13(22(27)28)9-18(19(12)17(24)10-14)29-20(21(25)26)16-6-5-11-3-1-2-4-15(11)16/h1-4,7-10,16,20H,5-6H2,(H2,25,26)(H,27,28). The molecule has 1 aliphatic carbocycles. The number of carboxylic acid groups (broad SMARTS) is 1. The Morgan fingerprint density at radius 2 is 1.90 bits per heavy atom. The van der Waals surface area contributed by atoms with Crippen LogP contribution in [0.4, 0.5) is 0 Å². The van der Waals surface area contributed by atoms with Crippen molar-refractivity contribution in [2.24, 2.45) is 5.73 Å². The van der Waals surface area contributed by atoms with Gasteiger partial charge in [0.05, 0.1) is 10.6 Å². The Morgan fingerprint density at radius 1 is 1.14 bits per heavy atom. The second-order valence-electron chi connectivity index (χ2n) is 7.05. The van der Waals surface area contributed by atoms with Crippen LogP contribution in [0, 0.1) is 0 Å². The van der Waals surface area contributed by atoms with Crippen molar-refractivity contribution in [2.45, 2.75) is 24.9 Å². The van der Waals surface area contributed by atoms with Crippen LogP contribution in [-0.4, -0.2) is 23.1 Å². The van der Waals surface area contributed by atoms with Crippen molar-refractivity contribution >= 4 is 45.9 Å². The molecule has 3 aromatic carbocycles. The lowest BCUT2D eigenvalue weighted by molar-refractivity contribution is -0.125. The first-order valence-electron chi connectivity index (χ1n) is 9.05. The molecule has 2 unspecified atom stereocenters. The highest BCUT2D eigenvalue weighted by Crippen LogP contribution is 2.40.